The summed E-state index contributed by atoms with van der Waals surface area (Å²) < 4.78 is 0. The molecular formula is C19H15Zr-. The SMILES string of the molecule is CC1=CCC(c2[c-]c3c(cc2)-c2ccccc2C3)=C1.[Zr]. The summed E-state index contributed by atoms with van der Waals surface area (Å²) in [5.74, 6) is 0. The largest absolute Gasteiger partial charge is 0.147 e. The van der Waals surface area contributed by atoms with E-state index in [1.54, 1.807) is 0 Å². The van der Waals surface area contributed by atoms with Crippen LogP contribution in [-0.2, 0) is 32.6 Å². The first-order chi connectivity index (χ1) is 9.31. The van der Waals surface area contributed by atoms with Gasteiger partial charge in [-0.25, -0.2) is 0 Å². The fourth-order valence-electron chi connectivity index (χ4n) is 3.10. The van der Waals surface area contributed by atoms with Gasteiger partial charge in [0, 0.05) is 26.2 Å². The molecule has 0 unspecified atom stereocenters. The topological polar surface area (TPSA) is 0 Å². The third-order valence-corrected chi connectivity index (χ3v) is 4.09. The molecule has 2 aliphatic rings. The molecule has 4 rings (SSSR count). The number of rotatable bonds is 1. The Labute approximate surface area is 139 Å². The van der Waals surface area contributed by atoms with E-state index in [0.29, 0.717) is 0 Å². The molecule has 2 aromatic carbocycles. The summed E-state index contributed by atoms with van der Waals surface area (Å²) in [5, 5.41) is 0. The van der Waals surface area contributed by atoms with E-state index in [1.807, 2.05) is 0 Å². The zero-order chi connectivity index (χ0) is 12.8. The van der Waals surface area contributed by atoms with Crippen molar-refractivity contribution in [3.8, 4) is 11.1 Å². The Morgan fingerprint density at radius 1 is 1.00 bits per heavy atom. The monoisotopic (exact) mass is 333 g/mol. The Morgan fingerprint density at radius 2 is 1.85 bits per heavy atom. The number of hydrogen-bond donors (Lipinski definition) is 0. The van der Waals surface area contributed by atoms with Gasteiger partial charge in [0.25, 0.3) is 0 Å². The molecule has 0 saturated heterocycles. The van der Waals surface area contributed by atoms with Gasteiger partial charge in [0.2, 0.25) is 0 Å². The number of allylic oxidation sites excluding steroid dienone is 4. The van der Waals surface area contributed by atoms with Crippen molar-refractivity contribution in [3.63, 3.8) is 0 Å². The zero-order valence-electron chi connectivity index (χ0n) is 11.5. The first-order valence-corrected chi connectivity index (χ1v) is 6.82. The smallest absolute Gasteiger partial charge is 0 e. The van der Waals surface area contributed by atoms with Gasteiger partial charge in [-0.05, 0) is 25.3 Å². The second kappa shape index (κ2) is 5.30. The fraction of sp³-hybridized carbons (Fsp3) is 0.158. The van der Waals surface area contributed by atoms with E-state index >= 15 is 0 Å². The van der Waals surface area contributed by atoms with Crippen molar-refractivity contribution < 1.29 is 26.2 Å². The van der Waals surface area contributed by atoms with Gasteiger partial charge in [0.15, 0.2) is 0 Å². The van der Waals surface area contributed by atoms with E-state index in [4.69, 9.17) is 0 Å². The van der Waals surface area contributed by atoms with Gasteiger partial charge in [-0.3, -0.25) is 0 Å². The third-order valence-electron chi connectivity index (χ3n) is 4.09. The molecular weight excluding hydrogens is 319 g/mol. The Balaban J connectivity index is 0.00000121. The van der Waals surface area contributed by atoms with Crippen LogP contribution in [0.25, 0.3) is 16.7 Å². The van der Waals surface area contributed by atoms with Crippen LogP contribution in [0.1, 0.15) is 30.0 Å². The van der Waals surface area contributed by atoms with Crippen molar-refractivity contribution in [2.45, 2.75) is 19.8 Å². The van der Waals surface area contributed by atoms with E-state index in [9.17, 15) is 0 Å². The number of benzene rings is 2. The van der Waals surface area contributed by atoms with Crippen LogP contribution < -0.4 is 0 Å². The Kier molecular flexibility index (Phi) is 3.65. The van der Waals surface area contributed by atoms with Crippen molar-refractivity contribution in [2.75, 3.05) is 0 Å². The molecule has 0 fully saturated rings. The molecule has 0 aromatic heterocycles. The quantitative estimate of drug-likeness (QED) is 0.561. The summed E-state index contributed by atoms with van der Waals surface area (Å²) in [6.07, 6.45) is 6.64. The summed E-state index contributed by atoms with van der Waals surface area (Å²) >= 11 is 0. The minimum atomic E-state index is 0. The second-order valence-corrected chi connectivity index (χ2v) is 5.42. The van der Waals surface area contributed by atoms with Crippen LogP contribution >= 0.6 is 0 Å². The molecule has 2 aliphatic carbocycles. The van der Waals surface area contributed by atoms with Gasteiger partial charge in [-0.1, -0.05) is 53.1 Å². The van der Waals surface area contributed by atoms with Crippen molar-refractivity contribution in [1.82, 2.24) is 0 Å². The summed E-state index contributed by atoms with van der Waals surface area (Å²) in [5.41, 5.74) is 9.56. The number of hydrogen-bond acceptors (Lipinski definition) is 0. The van der Waals surface area contributed by atoms with Crippen molar-refractivity contribution in [1.29, 1.82) is 0 Å². The van der Waals surface area contributed by atoms with Gasteiger partial charge in [0.1, 0.15) is 0 Å². The molecule has 96 valence electrons. The molecule has 0 saturated carbocycles. The van der Waals surface area contributed by atoms with Crippen LogP contribution in [0.5, 0.6) is 0 Å². The van der Waals surface area contributed by atoms with Gasteiger partial charge >= 0.3 is 0 Å². The average molecular weight is 335 g/mol. The Bertz CT molecular complexity index is 735. The molecule has 20 heavy (non-hydrogen) atoms. The standard InChI is InChI=1S/C19H15.Zr/c1-13-6-7-14(10-13)15-8-9-19-17(11-15)12-16-4-2-3-5-18(16)19;/h2-6,8-10H,7,12H2,1H3;/q-1;. The molecule has 2 aromatic rings. The predicted molar refractivity (Wildman–Crippen MR) is 79.9 cm³/mol. The fourth-order valence-corrected chi connectivity index (χ4v) is 3.10. The minimum absolute atomic E-state index is 0. The average Bonchev–Trinajstić information content (AvgIpc) is 3.01. The van der Waals surface area contributed by atoms with Gasteiger partial charge in [0.05, 0.1) is 0 Å². The van der Waals surface area contributed by atoms with Gasteiger partial charge in [-0.15, -0.1) is 34.9 Å². The van der Waals surface area contributed by atoms with Crippen LogP contribution in [0.4, 0.5) is 0 Å². The number of fused-ring (bicyclic) bond motifs is 3. The molecule has 1 heteroatoms. The summed E-state index contributed by atoms with van der Waals surface area (Å²) in [6.45, 7) is 2.16. The van der Waals surface area contributed by atoms with Gasteiger partial charge in [-0.2, -0.15) is 0 Å². The predicted octanol–water partition coefficient (Wildman–Crippen LogP) is 4.79. The van der Waals surface area contributed by atoms with Crippen LogP contribution in [-0.4, -0.2) is 0 Å². The van der Waals surface area contributed by atoms with Gasteiger partial charge < -0.3 is 0 Å². The second-order valence-electron chi connectivity index (χ2n) is 5.42. The Morgan fingerprint density at radius 3 is 2.65 bits per heavy atom. The van der Waals surface area contributed by atoms with E-state index < -0.39 is 0 Å². The maximum Gasteiger partial charge on any atom is 0 e. The summed E-state index contributed by atoms with van der Waals surface area (Å²) in [4.78, 5) is 0. The first-order valence-electron chi connectivity index (χ1n) is 6.82. The van der Waals surface area contributed by atoms with Crippen molar-refractivity contribution in [3.05, 3.63) is 76.9 Å². The maximum atomic E-state index is 3.63. The van der Waals surface area contributed by atoms with Crippen LogP contribution in [0.15, 0.2) is 54.1 Å². The molecule has 0 bridgehead atoms. The van der Waals surface area contributed by atoms with E-state index in [2.05, 4.69) is 61.5 Å². The molecule has 0 aliphatic heterocycles. The van der Waals surface area contributed by atoms with Crippen molar-refractivity contribution >= 4 is 5.57 Å². The third kappa shape index (κ3) is 2.19. The molecule has 0 radical (unpaired) electrons. The van der Waals surface area contributed by atoms with Crippen molar-refractivity contribution in [2.24, 2.45) is 0 Å². The summed E-state index contributed by atoms with van der Waals surface area (Å²) in [6, 6.07) is 16.8. The van der Waals surface area contributed by atoms with E-state index in [1.165, 1.54) is 39.0 Å². The molecule has 0 amide bonds. The Hall–Kier alpha value is -1.20. The van der Waals surface area contributed by atoms with Crippen LogP contribution in [0.3, 0.4) is 0 Å². The van der Waals surface area contributed by atoms with E-state index in [0.717, 1.165) is 12.8 Å². The molecule has 0 nitrogen and oxygen atoms in total. The molecule has 0 spiro atoms. The molecule has 0 heterocycles. The zero-order valence-corrected chi connectivity index (χ0v) is 14.0. The van der Waals surface area contributed by atoms with E-state index in [-0.39, 0.29) is 26.2 Å². The summed E-state index contributed by atoms with van der Waals surface area (Å²) in [7, 11) is 0. The first kappa shape index (κ1) is 13.8. The van der Waals surface area contributed by atoms with Crippen LogP contribution in [0, 0.1) is 6.07 Å². The molecule has 0 N–H and O–H groups in total. The minimum Gasteiger partial charge on any atom is -0.147 e. The normalized spacial score (nSPS) is 15.1. The maximum absolute atomic E-state index is 3.63. The van der Waals surface area contributed by atoms with Crippen LogP contribution in [0.2, 0.25) is 0 Å². The molecule has 0 atom stereocenters.